The third kappa shape index (κ3) is 2.87. The van der Waals surface area contributed by atoms with Crippen LogP contribution in [0.2, 0.25) is 0 Å². The lowest BCUT2D eigenvalue weighted by molar-refractivity contribution is -0.119. The van der Waals surface area contributed by atoms with Crippen LogP contribution >= 0.6 is 0 Å². The Morgan fingerprint density at radius 2 is 1.76 bits per heavy atom. The Morgan fingerprint density at radius 1 is 1.00 bits per heavy atom. The van der Waals surface area contributed by atoms with Crippen molar-refractivity contribution >= 4 is 23.4 Å². The maximum Gasteiger partial charge on any atom is 0.254 e. The first-order chi connectivity index (χ1) is 12.3. The third-order valence-electron chi connectivity index (χ3n) is 4.58. The van der Waals surface area contributed by atoms with Crippen molar-refractivity contribution in [1.29, 1.82) is 0 Å². The van der Waals surface area contributed by atoms with Gasteiger partial charge >= 0.3 is 0 Å². The fourth-order valence-corrected chi connectivity index (χ4v) is 3.15. The molecule has 0 N–H and O–H groups in total. The van der Waals surface area contributed by atoms with E-state index in [0.29, 0.717) is 31.7 Å². The summed E-state index contributed by atoms with van der Waals surface area (Å²) in [5.74, 6) is -0.0123. The maximum absolute atomic E-state index is 12.7. The van der Waals surface area contributed by atoms with E-state index in [1.807, 2.05) is 53.1 Å². The molecule has 2 aromatic carbocycles. The molecule has 4 rings (SSSR count). The molecule has 1 fully saturated rings. The van der Waals surface area contributed by atoms with Gasteiger partial charge in [0.1, 0.15) is 6.33 Å². The fraction of sp³-hybridized carbons (Fsp3) is 0.211. The van der Waals surface area contributed by atoms with Crippen molar-refractivity contribution in [3.05, 3.63) is 60.4 Å². The quantitative estimate of drug-likeness (QED) is 0.688. The summed E-state index contributed by atoms with van der Waals surface area (Å²) in [6.07, 6.45) is 2.61. The number of imidazole rings is 1. The zero-order chi connectivity index (χ0) is 17.2. The van der Waals surface area contributed by atoms with Crippen LogP contribution in [0.15, 0.2) is 54.9 Å². The van der Waals surface area contributed by atoms with Gasteiger partial charge in [-0.05, 0) is 30.3 Å². The lowest BCUT2D eigenvalue weighted by Gasteiger charge is -2.32. The number of amides is 2. The van der Waals surface area contributed by atoms with Gasteiger partial charge < -0.3 is 9.80 Å². The number of rotatable bonds is 3. The number of carbonyl (C=O) groups is 2. The van der Waals surface area contributed by atoms with Crippen LogP contribution in [0.3, 0.4) is 0 Å². The van der Waals surface area contributed by atoms with Gasteiger partial charge in [-0.15, -0.1) is 0 Å². The van der Waals surface area contributed by atoms with Gasteiger partial charge in [0.15, 0.2) is 0 Å². The van der Waals surface area contributed by atoms with E-state index in [4.69, 9.17) is 0 Å². The van der Waals surface area contributed by atoms with E-state index in [9.17, 15) is 9.59 Å². The Kier molecular flexibility index (Phi) is 3.93. The highest BCUT2D eigenvalue weighted by molar-refractivity contribution is 5.97. The molecule has 3 aromatic rings. The summed E-state index contributed by atoms with van der Waals surface area (Å²) in [5.41, 5.74) is 3.43. The van der Waals surface area contributed by atoms with Crippen molar-refractivity contribution in [1.82, 2.24) is 19.4 Å². The molecule has 2 amide bonds. The number of benzene rings is 2. The van der Waals surface area contributed by atoms with E-state index in [1.165, 1.54) is 0 Å². The first-order valence-corrected chi connectivity index (χ1v) is 8.27. The molecule has 2 heterocycles. The summed E-state index contributed by atoms with van der Waals surface area (Å²) >= 11 is 0. The molecule has 1 aliphatic heterocycles. The zero-order valence-electron chi connectivity index (χ0n) is 13.7. The number of aromatic nitrogens is 2. The Labute approximate surface area is 145 Å². The molecule has 0 bridgehead atoms. The van der Waals surface area contributed by atoms with Gasteiger partial charge in [0.2, 0.25) is 6.41 Å². The van der Waals surface area contributed by atoms with Crippen molar-refractivity contribution in [2.24, 2.45) is 0 Å². The number of carbonyl (C=O) groups excluding carboxylic acids is 2. The molecule has 0 saturated carbocycles. The molecule has 6 nitrogen and oxygen atoms in total. The number of nitrogens with zero attached hydrogens (tertiary/aromatic N) is 4. The van der Waals surface area contributed by atoms with Crippen molar-refractivity contribution in [2.45, 2.75) is 0 Å². The fourth-order valence-electron chi connectivity index (χ4n) is 3.15. The van der Waals surface area contributed by atoms with Gasteiger partial charge in [0.05, 0.1) is 11.0 Å². The monoisotopic (exact) mass is 334 g/mol. The van der Waals surface area contributed by atoms with E-state index in [-0.39, 0.29) is 5.91 Å². The minimum absolute atomic E-state index is 0.0123. The Morgan fingerprint density at radius 3 is 2.48 bits per heavy atom. The van der Waals surface area contributed by atoms with Crippen LogP contribution in [-0.2, 0) is 4.79 Å². The highest BCUT2D eigenvalue weighted by Gasteiger charge is 2.21. The van der Waals surface area contributed by atoms with Crippen molar-refractivity contribution in [3.8, 4) is 5.69 Å². The molecule has 0 radical (unpaired) electrons. The topological polar surface area (TPSA) is 58.4 Å². The molecular weight excluding hydrogens is 316 g/mol. The smallest absolute Gasteiger partial charge is 0.254 e. The molecular formula is C19H18N4O2. The summed E-state index contributed by atoms with van der Waals surface area (Å²) in [7, 11) is 0. The highest BCUT2D eigenvalue weighted by atomic mass is 16.2. The SMILES string of the molecule is O=CN1CCN(C(=O)c2ccc3c(c2)ncn3-c2ccccc2)CC1. The molecule has 25 heavy (non-hydrogen) atoms. The Balaban J connectivity index is 1.60. The Hall–Kier alpha value is -3.15. The predicted octanol–water partition coefficient (Wildman–Crippen LogP) is 1.94. The summed E-state index contributed by atoms with van der Waals surface area (Å²) < 4.78 is 2.01. The molecule has 0 aliphatic carbocycles. The van der Waals surface area contributed by atoms with Gasteiger partial charge in [0.25, 0.3) is 5.91 Å². The van der Waals surface area contributed by atoms with Gasteiger partial charge in [0, 0.05) is 37.4 Å². The van der Waals surface area contributed by atoms with Crippen LogP contribution < -0.4 is 0 Å². The molecule has 1 saturated heterocycles. The van der Waals surface area contributed by atoms with Gasteiger partial charge in [-0.1, -0.05) is 18.2 Å². The van der Waals surface area contributed by atoms with E-state index in [0.717, 1.165) is 23.1 Å². The highest BCUT2D eigenvalue weighted by Crippen LogP contribution is 2.20. The summed E-state index contributed by atoms with van der Waals surface area (Å²) in [5, 5.41) is 0. The second-order valence-corrected chi connectivity index (χ2v) is 6.09. The van der Waals surface area contributed by atoms with Crippen molar-refractivity contribution in [3.63, 3.8) is 0 Å². The van der Waals surface area contributed by atoms with Gasteiger partial charge in [-0.3, -0.25) is 14.2 Å². The van der Waals surface area contributed by atoms with E-state index in [2.05, 4.69) is 4.98 Å². The number of hydrogen-bond acceptors (Lipinski definition) is 3. The maximum atomic E-state index is 12.7. The van der Waals surface area contributed by atoms with Crippen LogP contribution in [0, 0.1) is 0 Å². The normalized spacial score (nSPS) is 14.7. The number of piperazine rings is 1. The minimum Gasteiger partial charge on any atom is -0.342 e. The van der Waals surface area contributed by atoms with Crippen LogP contribution in [0.4, 0.5) is 0 Å². The summed E-state index contributed by atoms with van der Waals surface area (Å²) in [6.45, 7) is 2.29. The van der Waals surface area contributed by atoms with Crippen LogP contribution in [0.25, 0.3) is 16.7 Å². The molecule has 0 unspecified atom stereocenters. The average molecular weight is 334 g/mol. The lowest BCUT2D eigenvalue weighted by atomic mass is 10.1. The lowest BCUT2D eigenvalue weighted by Crippen LogP contribution is -2.48. The second-order valence-electron chi connectivity index (χ2n) is 6.09. The first-order valence-electron chi connectivity index (χ1n) is 8.27. The molecule has 126 valence electrons. The van der Waals surface area contributed by atoms with Crippen LogP contribution in [-0.4, -0.2) is 57.8 Å². The third-order valence-corrected chi connectivity index (χ3v) is 4.58. The molecule has 6 heteroatoms. The van der Waals surface area contributed by atoms with Crippen LogP contribution in [0.5, 0.6) is 0 Å². The van der Waals surface area contributed by atoms with Gasteiger partial charge in [-0.2, -0.15) is 0 Å². The van der Waals surface area contributed by atoms with E-state index >= 15 is 0 Å². The second kappa shape index (κ2) is 6.39. The zero-order valence-corrected chi connectivity index (χ0v) is 13.7. The standard InChI is InChI=1S/C19H18N4O2/c24-14-21-8-10-22(11-9-21)19(25)15-6-7-18-17(12-15)20-13-23(18)16-4-2-1-3-5-16/h1-7,12-14H,8-11H2. The van der Waals surface area contributed by atoms with Crippen LogP contribution in [0.1, 0.15) is 10.4 Å². The summed E-state index contributed by atoms with van der Waals surface area (Å²) in [4.78, 5) is 31.4. The van der Waals surface area contributed by atoms with E-state index in [1.54, 1.807) is 16.1 Å². The van der Waals surface area contributed by atoms with Gasteiger partial charge in [-0.25, -0.2) is 4.98 Å². The van der Waals surface area contributed by atoms with Crippen molar-refractivity contribution in [2.75, 3.05) is 26.2 Å². The number of fused-ring (bicyclic) bond motifs is 1. The summed E-state index contributed by atoms with van der Waals surface area (Å²) in [6, 6.07) is 15.6. The molecule has 0 spiro atoms. The molecule has 0 atom stereocenters. The molecule has 1 aromatic heterocycles. The minimum atomic E-state index is -0.0123. The van der Waals surface area contributed by atoms with E-state index < -0.39 is 0 Å². The number of hydrogen-bond donors (Lipinski definition) is 0. The molecule has 1 aliphatic rings. The van der Waals surface area contributed by atoms with Crippen molar-refractivity contribution < 1.29 is 9.59 Å². The first kappa shape index (κ1) is 15.4. The average Bonchev–Trinajstić information content (AvgIpc) is 3.11. The Bertz CT molecular complexity index is 912. The predicted molar refractivity (Wildman–Crippen MR) is 94.6 cm³/mol. The number of para-hydroxylation sites is 1. The largest absolute Gasteiger partial charge is 0.342 e.